The van der Waals surface area contributed by atoms with Crippen LogP contribution < -0.4 is 0 Å². The van der Waals surface area contributed by atoms with Crippen LogP contribution in [-0.2, 0) is 0 Å². The zero-order chi connectivity index (χ0) is 11.8. The molecule has 0 N–H and O–H groups in total. The Hall–Kier alpha value is -0.150. The van der Waals surface area contributed by atoms with Crippen LogP contribution in [0.3, 0.4) is 0 Å². The molecule has 0 unspecified atom stereocenters. The van der Waals surface area contributed by atoms with Gasteiger partial charge in [0, 0.05) is 15.9 Å². The molecule has 16 heavy (non-hydrogen) atoms. The van der Waals surface area contributed by atoms with Crippen molar-refractivity contribution in [3.05, 3.63) is 20.3 Å². The van der Waals surface area contributed by atoms with Gasteiger partial charge in [0.1, 0.15) is 0 Å². The molecule has 1 fully saturated rings. The summed E-state index contributed by atoms with van der Waals surface area (Å²) in [5.41, 5.74) is 0.895. The molecule has 1 aromatic rings. The maximum Gasteiger partial charge on any atom is 0.170 e. The van der Waals surface area contributed by atoms with E-state index in [1.165, 1.54) is 12.8 Å². The Balaban J connectivity index is 2.33. The van der Waals surface area contributed by atoms with Gasteiger partial charge in [-0.2, -0.15) is 0 Å². The number of carbonyl (C=O) groups excluding carboxylic acids is 1. The van der Waals surface area contributed by atoms with Gasteiger partial charge < -0.3 is 0 Å². The van der Waals surface area contributed by atoms with Crippen LogP contribution in [0.5, 0.6) is 0 Å². The summed E-state index contributed by atoms with van der Waals surface area (Å²) in [5.74, 6) is 0.381. The van der Waals surface area contributed by atoms with Crippen molar-refractivity contribution >= 4 is 33.0 Å². The highest BCUT2D eigenvalue weighted by atomic mass is 79.9. The van der Waals surface area contributed by atoms with E-state index in [1.807, 2.05) is 13.0 Å². The van der Waals surface area contributed by atoms with Crippen LogP contribution in [0.25, 0.3) is 0 Å². The minimum atomic E-state index is -0.0503. The zero-order valence-corrected chi connectivity index (χ0v) is 12.2. The van der Waals surface area contributed by atoms with Crippen molar-refractivity contribution in [2.45, 2.75) is 46.0 Å². The molecule has 0 atom stereocenters. The van der Waals surface area contributed by atoms with Crippen LogP contribution in [0.1, 0.15) is 54.3 Å². The standard InChI is InChI=1S/C13H17BrOS/c1-3-13(6-4-5-7-13)12(15)10-8-11(14)16-9(10)2/h8H,3-7H2,1-2H3. The van der Waals surface area contributed by atoms with E-state index >= 15 is 0 Å². The maximum absolute atomic E-state index is 12.6. The van der Waals surface area contributed by atoms with Crippen molar-refractivity contribution in [3.63, 3.8) is 0 Å². The number of halogens is 1. The van der Waals surface area contributed by atoms with Gasteiger partial charge in [0.2, 0.25) is 0 Å². The number of ketones is 1. The molecule has 1 heterocycles. The lowest BCUT2D eigenvalue weighted by molar-refractivity contribution is 0.0791. The minimum absolute atomic E-state index is 0.0503. The first-order chi connectivity index (χ1) is 7.59. The number of thiophene rings is 1. The Morgan fingerprint density at radius 3 is 2.56 bits per heavy atom. The van der Waals surface area contributed by atoms with E-state index < -0.39 is 0 Å². The topological polar surface area (TPSA) is 17.1 Å². The summed E-state index contributed by atoms with van der Waals surface area (Å²) in [6.07, 6.45) is 5.57. The fourth-order valence-corrected chi connectivity index (χ4v) is 4.44. The van der Waals surface area contributed by atoms with Gasteiger partial charge in [0.15, 0.2) is 5.78 Å². The lowest BCUT2D eigenvalue weighted by Crippen LogP contribution is -2.27. The molecular weight excluding hydrogens is 284 g/mol. The summed E-state index contributed by atoms with van der Waals surface area (Å²) < 4.78 is 1.07. The fourth-order valence-electron chi connectivity index (χ4n) is 2.75. The molecule has 1 saturated carbocycles. The van der Waals surface area contributed by atoms with Gasteiger partial charge in [-0.15, -0.1) is 11.3 Å². The second-order valence-electron chi connectivity index (χ2n) is 4.69. The van der Waals surface area contributed by atoms with E-state index in [9.17, 15) is 4.79 Å². The first-order valence-corrected chi connectivity index (χ1v) is 7.51. The van der Waals surface area contributed by atoms with E-state index in [4.69, 9.17) is 0 Å². The highest BCUT2D eigenvalue weighted by Crippen LogP contribution is 2.45. The van der Waals surface area contributed by atoms with Gasteiger partial charge in [-0.25, -0.2) is 0 Å². The van der Waals surface area contributed by atoms with Gasteiger partial charge in [-0.3, -0.25) is 4.79 Å². The summed E-state index contributed by atoms with van der Waals surface area (Å²) in [6.45, 7) is 4.20. The number of Topliss-reactive ketones (excluding diaryl/α,β-unsaturated/α-hetero) is 1. The summed E-state index contributed by atoms with van der Waals surface area (Å²) in [4.78, 5) is 13.8. The highest BCUT2D eigenvalue weighted by Gasteiger charge is 2.40. The van der Waals surface area contributed by atoms with Crippen LogP contribution >= 0.6 is 27.3 Å². The molecule has 0 radical (unpaired) electrons. The molecule has 1 aromatic heterocycles. The van der Waals surface area contributed by atoms with Gasteiger partial charge in [-0.05, 0) is 48.2 Å². The molecule has 0 bridgehead atoms. The summed E-state index contributed by atoms with van der Waals surface area (Å²) in [7, 11) is 0. The predicted molar refractivity (Wildman–Crippen MR) is 72.3 cm³/mol. The number of hydrogen-bond donors (Lipinski definition) is 0. The largest absolute Gasteiger partial charge is 0.294 e. The number of hydrogen-bond acceptors (Lipinski definition) is 2. The Kier molecular flexibility index (Phi) is 3.55. The van der Waals surface area contributed by atoms with E-state index in [1.54, 1.807) is 11.3 Å². The second kappa shape index (κ2) is 4.61. The summed E-state index contributed by atoms with van der Waals surface area (Å²) in [6, 6.07) is 2.00. The molecule has 0 aliphatic heterocycles. The lowest BCUT2D eigenvalue weighted by Gasteiger charge is -2.25. The monoisotopic (exact) mass is 300 g/mol. The molecule has 1 aliphatic carbocycles. The molecule has 2 rings (SSSR count). The van der Waals surface area contributed by atoms with E-state index in [-0.39, 0.29) is 5.41 Å². The second-order valence-corrected chi connectivity index (χ2v) is 7.33. The average Bonchev–Trinajstić information content (AvgIpc) is 2.85. The van der Waals surface area contributed by atoms with Crippen LogP contribution in [0.15, 0.2) is 9.85 Å². The van der Waals surface area contributed by atoms with E-state index in [0.717, 1.165) is 33.5 Å². The first kappa shape index (κ1) is 12.3. The van der Waals surface area contributed by atoms with Crippen LogP contribution in [0.2, 0.25) is 0 Å². The molecule has 88 valence electrons. The van der Waals surface area contributed by atoms with Crippen molar-refractivity contribution in [2.24, 2.45) is 5.41 Å². The third kappa shape index (κ3) is 2.00. The van der Waals surface area contributed by atoms with Crippen LogP contribution in [0.4, 0.5) is 0 Å². The molecular formula is C13H17BrOS. The number of aryl methyl sites for hydroxylation is 1. The van der Waals surface area contributed by atoms with Crippen molar-refractivity contribution in [3.8, 4) is 0 Å². The van der Waals surface area contributed by atoms with Crippen molar-refractivity contribution in [1.82, 2.24) is 0 Å². The van der Waals surface area contributed by atoms with Gasteiger partial charge >= 0.3 is 0 Å². The molecule has 0 aromatic carbocycles. The minimum Gasteiger partial charge on any atom is -0.294 e. The first-order valence-electron chi connectivity index (χ1n) is 5.90. The van der Waals surface area contributed by atoms with Crippen molar-refractivity contribution in [2.75, 3.05) is 0 Å². The normalized spacial score (nSPS) is 18.9. The number of carbonyl (C=O) groups is 1. The van der Waals surface area contributed by atoms with E-state index in [0.29, 0.717) is 5.78 Å². The predicted octanol–water partition coefficient (Wildman–Crippen LogP) is 4.97. The Labute approximate surface area is 109 Å². The Bertz CT molecular complexity index is 402. The van der Waals surface area contributed by atoms with Crippen molar-refractivity contribution in [1.29, 1.82) is 0 Å². The molecule has 0 saturated heterocycles. The molecule has 0 spiro atoms. The summed E-state index contributed by atoms with van der Waals surface area (Å²) in [5, 5.41) is 0. The average molecular weight is 301 g/mol. The zero-order valence-electron chi connectivity index (χ0n) is 9.81. The maximum atomic E-state index is 12.6. The van der Waals surface area contributed by atoms with Gasteiger partial charge in [0.05, 0.1) is 3.79 Å². The molecule has 3 heteroatoms. The number of rotatable bonds is 3. The lowest BCUT2D eigenvalue weighted by atomic mass is 9.77. The van der Waals surface area contributed by atoms with Gasteiger partial charge in [-0.1, -0.05) is 19.8 Å². The van der Waals surface area contributed by atoms with Crippen LogP contribution in [0, 0.1) is 12.3 Å². The van der Waals surface area contributed by atoms with Crippen LogP contribution in [-0.4, -0.2) is 5.78 Å². The van der Waals surface area contributed by atoms with E-state index in [2.05, 4.69) is 22.9 Å². The smallest absolute Gasteiger partial charge is 0.170 e. The highest BCUT2D eigenvalue weighted by molar-refractivity contribution is 9.11. The Morgan fingerprint density at radius 2 is 2.12 bits per heavy atom. The third-order valence-corrected chi connectivity index (χ3v) is 5.40. The molecule has 1 aliphatic rings. The Morgan fingerprint density at radius 1 is 1.50 bits per heavy atom. The molecule has 1 nitrogen and oxygen atoms in total. The quantitative estimate of drug-likeness (QED) is 0.720. The van der Waals surface area contributed by atoms with Gasteiger partial charge in [0.25, 0.3) is 0 Å². The summed E-state index contributed by atoms with van der Waals surface area (Å²) >= 11 is 5.13. The molecule has 0 amide bonds. The third-order valence-electron chi connectivity index (χ3n) is 3.85. The van der Waals surface area contributed by atoms with Crippen molar-refractivity contribution < 1.29 is 4.79 Å². The SMILES string of the molecule is CCC1(C(=O)c2cc(Br)sc2C)CCCC1. The fraction of sp³-hybridized carbons (Fsp3) is 0.615.